The number of carbonyl (C=O) groups is 1. The molecule has 26 heavy (non-hydrogen) atoms. The van der Waals surface area contributed by atoms with Crippen molar-refractivity contribution in [1.29, 1.82) is 0 Å². The van der Waals surface area contributed by atoms with Crippen molar-refractivity contribution in [1.82, 2.24) is 19.9 Å². The topological polar surface area (TPSA) is 85.3 Å². The molecule has 2 aromatic rings. The Morgan fingerprint density at radius 1 is 1.31 bits per heavy atom. The van der Waals surface area contributed by atoms with E-state index in [1.807, 2.05) is 18.3 Å². The summed E-state index contributed by atoms with van der Waals surface area (Å²) in [4.78, 5) is 16.6. The van der Waals surface area contributed by atoms with Gasteiger partial charge in [0.2, 0.25) is 5.91 Å². The number of nitrogens with one attached hydrogen (secondary N) is 1. The van der Waals surface area contributed by atoms with Crippen LogP contribution in [0.15, 0.2) is 30.5 Å². The molecule has 0 aromatic carbocycles. The molecule has 0 bridgehead atoms. The number of hydrogen-bond donors (Lipinski definition) is 2. The molecule has 3 N–H and O–H groups in total. The molecule has 1 aliphatic carbocycles. The first-order valence-electron chi connectivity index (χ1n) is 9.67. The van der Waals surface area contributed by atoms with Gasteiger partial charge in [0.15, 0.2) is 5.65 Å². The molecule has 6 heteroatoms. The van der Waals surface area contributed by atoms with Crippen LogP contribution in [0, 0.1) is 17.8 Å². The number of imidazole rings is 1. The summed E-state index contributed by atoms with van der Waals surface area (Å²) in [5.74, 6) is 1.14. The Morgan fingerprint density at radius 2 is 2.19 bits per heavy atom. The van der Waals surface area contributed by atoms with Crippen LogP contribution in [0.2, 0.25) is 0 Å². The van der Waals surface area contributed by atoms with Crippen molar-refractivity contribution in [2.45, 2.75) is 45.1 Å². The quantitative estimate of drug-likeness (QED) is 0.827. The van der Waals surface area contributed by atoms with Gasteiger partial charge < -0.3 is 11.1 Å². The number of nitrogens with zero attached hydrogens (tertiary/aromatic N) is 3. The summed E-state index contributed by atoms with van der Waals surface area (Å²) >= 11 is 0. The Morgan fingerprint density at radius 3 is 2.96 bits per heavy atom. The number of allylic oxidation sites excluding steroid dienone is 1. The molecule has 3 heterocycles. The number of carbonyl (C=O) groups excluding carboxylic acids is 1. The molecule has 2 aliphatic rings. The first-order chi connectivity index (χ1) is 12.6. The van der Waals surface area contributed by atoms with Gasteiger partial charge in [-0.05, 0) is 49.7 Å². The average Bonchev–Trinajstić information content (AvgIpc) is 3.07. The van der Waals surface area contributed by atoms with Gasteiger partial charge >= 0.3 is 0 Å². The molecular weight excluding hydrogens is 326 g/mol. The van der Waals surface area contributed by atoms with Crippen molar-refractivity contribution in [3.05, 3.63) is 41.9 Å². The molecule has 0 spiro atoms. The Hall–Kier alpha value is -2.21. The lowest BCUT2D eigenvalue weighted by Crippen LogP contribution is -2.37. The SMILES string of the molecule is C[C@@H]1C=C[C@@H]([C@H](N)c2cn3nc(C[C@@H]4CCCNC4=O)ccc3n2)CC1. The zero-order chi connectivity index (χ0) is 18.1. The highest BCUT2D eigenvalue weighted by atomic mass is 16.1. The smallest absolute Gasteiger partial charge is 0.223 e. The van der Waals surface area contributed by atoms with Crippen LogP contribution in [0.3, 0.4) is 0 Å². The maximum absolute atomic E-state index is 12.0. The number of amides is 1. The second-order valence-electron chi connectivity index (χ2n) is 7.76. The molecule has 4 rings (SSSR count). The maximum Gasteiger partial charge on any atom is 0.223 e. The summed E-state index contributed by atoms with van der Waals surface area (Å²) in [5.41, 5.74) is 9.09. The predicted molar refractivity (Wildman–Crippen MR) is 100 cm³/mol. The van der Waals surface area contributed by atoms with Gasteiger partial charge in [0.1, 0.15) is 0 Å². The van der Waals surface area contributed by atoms with Gasteiger partial charge in [-0.3, -0.25) is 4.79 Å². The Bertz CT molecular complexity index is 827. The number of piperidine rings is 1. The van der Waals surface area contributed by atoms with Gasteiger partial charge in [-0.15, -0.1) is 0 Å². The van der Waals surface area contributed by atoms with Gasteiger partial charge in [-0.25, -0.2) is 9.50 Å². The molecule has 0 radical (unpaired) electrons. The third kappa shape index (κ3) is 3.51. The van der Waals surface area contributed by atoms with Gasteiger partial charge in [-0.1, -0.05) is 19.1 Å². The fourth-order valence-electron chi connectivity index (χ4n) is 3.99. The van der Waals surface area contributed by atoms with E-state index < -0.39 is 0 Å². The summed E-state index contributed by atoms with van der Waals surface area (Å²) in [5, 5.41) is 7.60. The highest BCUT2D eigenvalue weighted by Gasteiger charge is 2.24. The minimum atomic E-state index is -0.104. The van der Waals surface area contributed by atoms with E-state index in [4.69, 9.17) is 5.73 Å². The van der Waals surface area contributed by atoms with Crippen LogP contribution in [0.1, 0.15) is 50.0 Å². The zero-order valence-electron chi connectivity index (χ0n) is 15.3. The molecule has 0 unspecified atom stereocenters. The van der Waals surface area contributed by atoms with E-state index in [0.717, 1.165) is 42.8 Å². The summed E-state index contributed by atoms with van der Waals surface area (Å²) in [6, 6.07) is 3.84. The Balaban J connectivity index is 1.52. The van der Waals surface area contributed by atoms with E-state index in [2.05, 4.69) is 34.5 Å². The molecule has 138 valence electrons. The summed E-state index contributed by atoms with van der Waals surface area (Å²) in [7, 11) is 0. The number of aromatic nitrogens is 3. The Labute approximate surface area is 153 Å². The lowest BCUT2D eigenvalue weighted by molar-refractivity contribution is -0.126. The van der Waals surface area contributed by atoms with Crippen LogP contribution in [-0.4, -0.2) is 27.0 Å². The second-order valence-corrected chi connectivity index (χ2v) is 7.76. The summed E-state index contributed by atoms with van der Waals surface area (Å²) in [6.45, 7) is 3.03. The van der Waals surface area contributed by atoms with Crippen LogP contribution in [0.5, 0.6) is 0 Å². The van der Waals surface area contributed by atoms with E-state index in [1.54, 1.807) is 4.52 Å². The molecule has 6 nitrogen and oxygen atoms in total. The monoisotopic (exact) mass is 353 g/mol. The first kappa shape index (κ1) is 17.2. The first-order valence-corrected chi connectivity index (χ1v) is 9.67. The summed E-state index contributed by atoms with van der Waals surface area (Å²) < 4.78 is 1.81. The van der Waals surface area contributed by atoms with Crippen molar-refractivity contribution in [2.24, 2.45) is 23.5 Å². The highest BCUT2D eigenvalue weighted by Crippen LogP contribution is 2.30. The lowest BCUT2D eigenvalue weighted by atomic mass is 9.84. The maximum atomic E-state index is 12.0. The molecule has 1 aliphatic heterocycles. The molecule has 2 aromatic heterocycles. The number of hydrogen-bond acceptors (Lipinski definition) is 4. The minimum absolute atomic E-state index is 0.0216. The fourth-order valence-corrected chi connectivity index (χ4v) is 3.99. The van der Waals surface area contributed by atoms with Gasteiger partial charge in [0.05, 0.1) is 23.6 Å². The van der Waals surface area contributed by atoms with Crippen molar-refractivity contribution in [3.8, 4) is 0 Å². The molecule has 1 fully saturated rings. The van der Waals surface area contributed by atoms with Crippen molar-refractivity contribution in [2.75, 3.05) is 6.54 Å². The summed E-state index contributed by atoms with van der Waals surface area (Å²) in [6.07, 6.45) is 11.4. The van der Waals surface area contributed by atoms with Gasteiger partial charge in [0, 0.05) is 18.9 Å². The van der Waals surface area contributed by atoms with Crippen molar-refractivity contribution < 1.29 is 4.79 Å². The third-order valence-corrected chi connectivity index (χ3v) is 5.69. The molecule has 1 amide bonds. The van der Waals surface area contributed by atoms with Gasteiger partial charge in [-0.2, -0.15) is 5.10 Å². The largest absolute Gasteiger partial charge is 0.356 e. The Kier molecular flexibility index (Phi) is 4.76. The van der Waals surface area contributed by atoms with Crippen LogP contribution in [0.25, 0.3) is 5.65 Å². The van der Waals surface area contributed by atoms with Gasteiger partial charge in [0.25, 0.3) is 0 Å². The van der Waals surface area contributed by atoms with E-state index in [-0.39, 0.29) is 17.9 Å². The predicted octanol–water partition coefficient (Wildman–Crippen LogP) is 2.40. The van der Waals surface area contributed by atoms with E-state index in [0.29, 0.717) is 18.3 Å². The van der Waals surface area contributed by atoms with Crippen molar-refractivity contribution >= 4 is 11.6 Å². The van der Waals surface area contributed by atoms with Crippen LogP contribution >= 0.6 is 0 Å². The zero-order valence-corrected chi connectivity index (χ0v) is 15.3. The van der Waals surface area contributed by atoms with Crippen LogP contribution in [-0.2, 0) is 11.2 Å². The third-order valence-electron chi connectivity index (χ3n) is 5.69. The minimum Gasteiger partial charge on any atom is -0.356 e. The number of rotatable bonds is 4. The lowest BCUT2D eigenvalue weighted by Gasteiger charge is -2.24. The van der Waals surface area contributed by atoms with Crippen molar-refractivity contribution in [3.63, 3.8) is 0 Å². The van der Waals surface area contributed by atoms with E-state index >= 15 is 0 Å². The number of nitrogens with two attached hydrogens (primary N) is 1. The van der Waals surface area contributed by atoms with E-state index in [9.17, 15) is 4.79 Å². The molecular formula is C20H27N5O. The normalized spacial score (nSPS) is 27.5. The van der Waals surface area contributed by atoms with Crippen LogP contribution in [0.4, 0.5) is 0 Å². The fraction of sp³-hybridized carbons (Fsp3) is 0.550. The van der Waals surface area contributed by atoms with Crippen LogP contribution < -0.4 is 11.1 Å². The second kappa shape index (κ2) is 7.19. The highest BCUT2D eigenvalue weighted by molar-refractivity contribution is 5.79. The molecule has 4 atom stereocenters. The standard InChI is InChI=1S/C20H27N5O/c1-13-4-6-14(7-5-13)19(21)17-12-25-18(23-17)9-8-16(24-25)11-15-3-2-10-22-20(15)26/h4,6,8-9,12-15,19H,2-3,5,7,10-11,21H2,1H3,(H,22,26)/t13-,14-,15+,19+/m1/s1. The number of fused-ring (bicyclic) bond motifs is 1. The van der Waals surface area contributed by atoms with E-state index in [1.165, 1.54) is 6.42 Å². The molecule has 1 saturated heterocycles. The average molecular weight is 353 g/mol. The molecule has 0 saturated carbocycles.